The third-order valence-electron chi connectivity index (χ3n) is 5.70. The van der Waals surface area contributed by atoms with Crippen LogP contribution in [0.4, 0.5) is 5.69 Å². The highest BCUT2D eigenvalue weighted by molar-refractivity contribution is 8.00. The number of nitrogens with zero attached hydrogens (tertiary/aromatic N) is 4. The van der Waals surface area contributed by atoms with Crippen LogP contribution in [0.3, 0.4) is 0 Å². The summed E-state index contributed by atoms with van der Waals surface area (Å²) in [4.78, 5) is 2.09. The number of anilines is 1. The quantitative estimate of drug-likeness (QED) is 0.397. The fourth-order valence-electron chi connectivity index (χ4n) is 4.09. The maximum Gasteiger partial charge on any atom is 0.195 e. The Morgan fingerprint density at radius 1 is 0.971 bits per heavy atom. The minimum absolute atomic E-state index is 0.0548. The van der Waals surface area contributed by atoms with Crippen molar-refractivity contribution in [1.29, 1.82) is 0 Å². The molecule has 1 aromatic heterocycles. The molecule has 0 aliphatic carbocycles. The van der Waals surface area contributed by atoms with Crippen LogP contribution in [0.1, 0.15) is 22.9 Å². The molecule has 2 aromatic carbocycles. The maximum absolute atomic E-state index is 11.8. The van der Waals surface area contributed by atoms with E-state index in [-0.39, 0.29) is 17.4 Å². The summed E-state index contributed by atoms with van der Waals surface area (Å²) in [6.07, 6.45) is 2.48. The highest BCUT2D eigenvalue weighted by atomic mass is 32.2. The number of sulfone groups is 2. The largest absolute Gasteiger partial charge is 0.369 e. The van der Waals surface area contributed by atoms with Crippen molar-refractivity contribution in [2.24, 2.45) is 0 Å². The summed E-state index contributed by atoms with van der Waals surface area (Å²) in [6, 6.07) is 16.0. The summed E-state index contributed by atoms with van der Waals surface area (Å²) in [5, 5.41) is 9.63. The Morgan fingerprint density at radius 2 is 1.71 bits per heavy atom. The van der Waals surface area contributed by atoms with Crippen molar-refractivity contribution in [3.63, 3.8) is 0 Å². The average Bonchev–Trinajstić information content (AvgIpc) is 3.32. The van der Waals surface area contributed by atoms with Gasteiger partial charge in [-0.25, -0.2) is 16.8 Å². The highest BCUT2D eigenvalue weighted by Crippen LogP contribution is 2.40. The minimum atomic E-state index is -3.10. The monoisotopic (exact) mass is 520 g/mol. The third-order valence-corrected chi connectivity index (χ3v) is 8.76. The second-order valence-electron chi connectivity index (χ2n) is 8.68. The van der Waals surface area contributed by atoms with E-state index in [0.29, 0.717) is 24.0 Å². The fourth-order valence-corrected chi connectivity index (χ4v) is 6.80. The van der Waals surface area contributed by atoms with Crippen molar-refractivity contribution in [3.05, 3.63) is 65.5 Å². The van der Waals surface area contributed by atoms with E-state index in [1.54, 1.807) is 0 Å². The Labute approximate surface area is 205 Å². The summed E-state index contributed by atoms with van der Waals surface area (Å²) in [7, 11) is -6.18. The lowest BCUT2D eigenvalue weighted by molar-refractivity contribution is 0.599. The van der Waals surface area contributed by atoms with Crippen molar-refractivity contribution < 1.29 is 16.8 Å². The van der Waals surface area contributed by atoms with Crippen LogP contribution < -0.4 is 4.90 Å². The summed E-state index contributed by atoms with van der Waals surface area (Å²) >= 11 is 1.37. The number of benzene rings is 2. The number of thioether (sulfide) groups is 1. The Bertz CT molecular complexity index is 1400. The lowest BCUT2D eigenvalue weighted by atomic mass is 10.0. The van der Waals surface area contributed by atoms with Gasteiger partial charge in [-0.05, 0) is 36.2 Å². The zero-order valence-electron chi connectivity index (χ0n) is 19.4. The molecule has 34 heavy (non-hydrogen) atoms. The SMILES string of the molecule is Cc1cccc(-n2c(SCCS(C)(=O)=O)nnc2[C@@H]2CN(CCS(C)(=O)=O)c3ccccc32)c1. The first-order valence-electron chi connectivity index (χ1n) is 10.9. The Balaban J connectivity index is 1.73. The van der Waals surface area contributed by atoms with Gasteiger partial charge < -0.3 is 4.90 Å². The zero-order valence-corrected chi connectivity index (χ0v) is 21.8. The van der Waals surface area contributed by atoms with E-state index in [1.807, 2.05) is 54.0 Å². The Morgan fingerprint density at radius 3 is 2.41 bits per heavy atom. The van der Waals surface area contributed by atoms with E-state index >= 15 is 0 Å². The molecule has 182 valence electrons. The van der Waals surface area contributed by atoms with Gasteiger partial charge in [-0.3, -0.25) is 4.57 Å². The van der Waals surface area contributed by atoms with Crippen molar-refractivity contribution in [2.75, 3.05) is 47.8 Å². The molecule has 1 atom stereocenters. The summed E-state index contributed by atoms with van der Waals surface area (Å²) < 4.78 is 48.9. The van der Waals surface area contributed by atoms with Crippen molar-refractivity contribution in [1.82, 2.24) is 14.8 Å². The third kappa shape index (κ3) is 5.81. The lowest BCUT2D eigenvalue weighted by Gasteiger charge is -2.19. The number of hydrogen-bond donors (Lipinski definition) is 0. The van der Waals surface area contributed by atoms with Crippen molar-refractivity contribution in [3.8, 4) is 5.69 Å². The van der Waals surface area contributed by atoms with Gasteiger partial charge in [0.15, 0.2) is 5.16 Å². The number of aryl methyl sites for hydroxylation is 1. The van der Waals surface area contributed by atoms with Crippen LogP contribution in [0.2, 0.25) is 0 Å². The topological polar surface area (TPSA) is 102 Å². The van der Waals surface area contributed by atoms with E-state index in [9.17, 15) is 16.8 Å². The second kappa shape index (κ2) is 9.71. The molecule has 3 aromatic rings. The van der Waals surface area contributed by atoms with Gasteiger partial charge in [0.25, 0.3) is 0 Å². The standard InChI is InChI=1S/C23H28N4O4S3/c1-17-7-6-8-18(15-17)27-22(24-25-23(27)32-12-14-34(3,30)31)20-16-26(11-13-33(2,28)29)21-10-5-4-9-19(20)21/h4-10,15,20H,11-14,16H2,1-3H3/t20-/m1/s1. The molecule has 4 rings (SSSR count). The van der Waals surface area contributed by atoms with Crippen molar-refractivity contribution >= 4 is 37.1 Å². The molecular weight excluding hydrogens is 492 g/mol. The molecule has 11 heteroatoms. The predicted molar refractivity (Wildman–Crippen MR) is 137 cm³/mol. The van der Waals surface area contributed by atoms with Gasteiger partial charge >= 0.3 is 0 Å². The molecule has 0 spiro atoms. The molecule has 0 N–H and O–H groups in total. The van der Waals surface area contributed by atoms with Gasteiger partial charge in [0.1, 0.15) is 25.5 Å². The summed E-state index contributed by atoms with van der Waals surface area (Å²) in [5.74, 6) is 1.16. The number of fused-ring (bicyclic) bond motifs is 1. The van der Waals surface area contributed by atoms with E-state index in [2.05, 4.69) is 21.2 Å². The van der Waals surface area contributed by atoms with Crippen LogP contribution in [-0.2, 0) is 19.7 Å². The predicted octanol–water partition coefficient (Wildman–Crippen LogP) is 2.71. The van der Waals surface area contributed by atoms with Crippen LogP contribution in [-0.4, -0.2) is 74.5 Å². The Hall–Kier alpha value is -2.37. The van der Waals surface area contributed by atoms with Gasteiger partial charge in [-0.1, -0.05) is 42.1 Å². The van der Waals surface area contributed by atoms with Crippen LogP contribution >= 0.6 is 11.8 Å². The van der Waals surface area contributed by atoms with Gasteiger partial charge in [0.05, 0.1) is 17.4 Å². The van der Waals surface area contributed by atoms with E-state index in [1.165, 1.54) is 24.3 Å². The lowest BCUT2D eigenvalue weighted by Crippen LogP contribution is -2.28. The molecule has 0 radical (unpaired) electrons. The molecule has 2 heterocycles. The van der Waals surface area contributed by atoms with E-state index in [0.717, 1.165) is 28.3 Å². The van der Waals surface area contributed by atoms with E-state index < -0.39 is 19.7 Å². The summed E-state index contributed by atoms with van der Waals surface area (Å²) in [6.45, 7) is 3.01. The molecule has 0 fully saturated rings. The molecule has 0 saturated heterocycles. The van der Waals surface area contributed by atoms with Gasteiger partial charge in [-0.15, -0.1) is 10.2 Å². The fraction of sp³-hybridized carbons (Fsp3) is 0.391. The van der Waals surface area contributed by atoms with Crippen LogP contribution in [0, 0.1) is 6.92 Å². The number of para-hydroxylation sites is 1. The number of hydrogen-bond acceptors (Lipinski definition) is 8. The number of aromatic nitrogens is 3. The maximum atomic E-state index is 11.8. The van der Waals surface area contributed by atoms with Crippen LogP contribution in [0.5, 0.6) is 0 Å². The Kier molecular flexibility index (Phi) is 7.07. The minimum Gasteiger partial charge on any atom is -0.369 e. The van der Waals surface area contributed by atoms with Crippen LogP contribution in [0.15, 0.2) is 53.7 Å². The smallest absolute Gasteiger partial charge is 0.195 e. The van der Waals surface area contributed by atoms with E-state index in [4.69, 9.17) is 0 Å². The highest BCUT2D eigenvalue weighted by Gasteiger charge is 2.34. The van der Waals surface area contributed by atoms with Crippen LogP contribution in [0.25, 0.3) is 5.69 Å². The molecule has 8 nitrogen and oxygen atoms in total. The average molecular weight is 521 g/mol. The molecule has 1 aliphatic rings. The van der Waals surface area contributed by atoms with Gasteiger partial charge in [0.2, 0.25) is 0 Å². The first kappa shape index (κ1) is 24.7. The molecule has 0 amide bonds. The molecule has 0 bridgehead atoms. The van der Waals surface area contributed by atoms with Crippen molar-refractivity contribution in [2.45, 2.75) is 18.0 Å². The molecule has 1 aliphatic heterocycles. The molecule has 0 saturated carbocycles. The number of rotatable bonds is 9. The van der Waals surface area contributed by atoms with Gasteiger partial charge in [0, 0.05) is 42.7 Å². The van der Waals surface area contributed by atoms with Gasteiger partial charge in [-0.2, -0.15) is 0 Å². The summed E-state index contributed by atoms with van der Waals surface area (Å²) in [5.41, 5.74) is 4.07. The first-order valence-corrected chi connectivity index (χ1v) is 16.0. The second-order valence-corrected chi connectivity index (χ2v) is 14.3. The molecular formula is C23H28N4O4S3. The normalized spacial score (nSPS) is 16.1. The zero-order chi connectivity index (χ0) is 24.5. The molecule has 0 unspecified atom stereocenters. The first-order chi connectivity index (χ1) is 16.0.